The summed E-state index contributed by atoms with van der Waals surface area (Å²) in [5, 5.41) is 0.603. The number of hydrazine groups is 1. The molecule has 1 aromatic carbocycles. The molecule has 1 heterocycles. The third-order valence-corrected chi connectivity index (χ3v) is 3.22. The first kappa shape index (κ1) is 13.9. The van der Waals surface area contributed by atoms with Crippen LogP contribution in [-0.2, 0) is 6.61 Å². The summed E-state index contributed by atoms with van der Waals surface area (Å²) in [6.07, 6.45) is 1.40. The Hall–Kier alpha value is -1.50. The van der Waals surface area contributed by atoms with Gasteiger partial charge >= 0.3 is 5.91 Å². The van der Waals surface area contributed by atoms with Crippen molar-refractivity contribution in [3.8, 4) is 5.75 Å². The van der Waals surface area contributed by atoms with E-state index in [-0.39, 0.29) is 12.4 Å². The van der Waals surface area contributed by atoms with Gasteiger partial charge in [0.15, 0.2) is 5.76 Å². The summed E-state index contributed by atoms with van der Waals surface area (Å²) in [6.45, 7) is 0.180. The van der Waals surface area contributed by atoms with Crippen LogP contribution in [0.15, 0.2) is 39.4 Å². The molecule has 19 heavy (non-hydrogen) atoms. The van der Waals surface area contributed by atoms with E-state index in [2.05, 4.69) is 15.9 Å². The fourth-order valence-electron chi connectivity index (χ4n) is 1.46. The van der Waals surface area contributed by atoms with E-state index in [1.54, 1.807) is 24.3 Å². The first-order valence-corrected chi connectivity index (χ1v) is 6.44. The lowest BCUT2D eigenvalue weighted by Gasteiger charge is -2.08. The molecule has 0 radical (unpaired) electrons. The molecule has 2 rings (SSSR count). The van der Waals surface area contributed by atoms with Crippen LogP contribution < -0.4 is 16.0 Å². The smallest absolute Gasteiger partial charge is 0.301 e. The number of hydrogen-bond acceptors (Lipinski definition) is 4. The van der Waals surface area contributed by atoms with E-state index in [1.807, 2.05) is 5.43 Å². The zero-order valence-electron chi connectivity index (χ0n) is 9.65. The summed E-state index contributed by atoms with van der Waals surface area (Å²) >= 11 is 9.18. The molecule has 1 aromatic heterocycles. The maximum Gasteiger partial charge on any atom is 0.301 e. The zero-order valence-corrected chi connectivity index (χ0v) is 12.0. The van der Waals surface area contributed by atoms with Gasteiger partial charge < -0.3 is 9.15 Å². The third-order valence-electron chi connectivity index (χ3n) is 2.36. The Balaban J connectivity index is 2.10. The topological polar surface area (TPSA) is 77.5 Å². The number of halogens is 2. The molecule has 0 saturated heterocycles. The number of carbonyl (C=O) groups excluding carboxylic acids is 1. The van der Waals surface area contributed by atoms with Gasteiger partial charge in [-0.3, -0.25) is 10.2 Å². The Kier molecular flexibility index (Phi) is 4.47. The van der Waals surface area contributed by atoms with Crippen molar-refractivity contribution in [3.05, 3.63) is 51.3 Å². The monoisotopic (exact) mass is 344 g/mol. The van der Waals surface area contributed by atoms with E-state index in [1.165, 1.54) is 6.26 Å². The lowest BCUT2D eigenvalue weighted by Crippen LogP contribution is -2.30. The first-order chi connectivity index (χ1) is 9.11. The van der Waals surface area contributed by atoms with Crippen molar-refractivity contribution >= 4 is 33.4 Å². The van der Waals surface area contributed by atoms with Gasteiger partial charge in [0, 0.05) is 10.6 Å². The van der Waals surface area contributed by atoms with Crippen LogP contribution in [-0.4, -0.2) is 5.91 Å². The van der Waals surface area contributed by atoms with Crippen molar-refractivity contribution in [2.45, 2.75) is 6.61 Å². The highest BCUT2D eigenvalue weighted by atomic mass is 79.9. The van der Waals surface area contributed by atoms with Gasteiger partial charge in [-0.2, -0.15) is 0 Å². The summed E-state index contributed by atoms with van der Waals surface area (Å²) in [5.41, 5.74) is 2.61. The molecule has 1 amide bonds. The molecule has 0 bridgehead atoms. The number of nitrogens with two attached hydrogens (primary N) is 1. The van der Waals surface area contributed by atoms with E-state index in [4.69, 9.17) is 26.6 Å². The summed E-state index contributed by atoms with van der Waals surface area (Å²) in [5.74, 6) is 5.30. The van der Waals surface area contributed by atoms with Gasteiger partial charge in [0.1, 0.15) is 12.4 Å². The average molecular weight is 346 g/mol. The van der Waals surface area contributed by atoms with Crippen LogP contribution >= 0.6 is 27.5 Å². The minimum Gasteiger partial charge on any atom is -0.488 e. The molecule has 0 aliphatic rings. The van der Waals surface area contributed by atoms with Gasteiger partial charge in [-0.1, -0.05) is 11.6 Å². The summed E-state index contributed by atoms with van der Waals surface area (Å²) in [4.78, 5) is 11.4. The Morgan fingerprint density at radius 2 is 2.26 bits per heavy atom. The highest BCUT2D eigenvalue weighted by molar-refractivity contribution is 9.10. The standard InChI is InChI=1S/C12H10BrClN2O3/c13-9-5-8(14)1-2-10(9)19-6-7-3-4-18-11(7)12(17)16-15/h1-5H,6,15H2,(H,16,17). The molecule has 100 valence electrons. The number of nitrogens with one attached hydrogen (secondary N) is 1. The molecule has 2 aromatic rings. The second-order valence-corrected chi connectivity index (χ2v) is 4.90. The number of rotatable bonds is 4. The molecule has 0 atom stereocenters. The average Bonchev–Trinajstić information content (AvgIpc) is 2.85. The number of benzene rings is 1. The van der Waals surface area contributed by atoms with Crippen LogP contribution in [0, 0.1) is 0 Å². The third kappa shape index (κ3) is 3.28. The Labute approximate surface area is 122 Å². The number of amides is 1. The predicted octanol–water partition coefficient (Wildman–Crippen LogP) is 2.88. The number of carbonyl (C=O) groups is 1. The molecule has 0 spiro atoms. The number of hydrogen-bond donors (Lipinski definition) is 2. The van der Waals surface area contributed by atoms with Gasteiger partial charge in [-0.15, -0.1) is 0 Å². The highest BCUT2D eigenvalue weighted by Gasteiger charge is 2.15. The van der Waals surface area contributed by atoms with Gasteiger partial charge in [0.2, 0.25) is 0 Å². The second-order valence-electron chi connectivity index (χ2n) is 3.61. The van der Waals surface area contributed by atoms with Crippen molar-refractivity contribution in [2.24, 2.45) is 5.84 Å². The molecule has 7 heteroatoms. The Morgan fingerprint density at radius 3 is 2.95 bits per heavy atom. The molecule has 5 nitrogen and oxygen atoms in total. The summed E-state index contributed by atoms with van der Waals surface area (Å²) in [6, 6.07) is 6.81. The molecule has 3 N–H and O–H groups in total. The van der Waals surface area contributed by atoms with Crippen molar-refractivity contribution < 1.29 is 13.9 Å². The quantitative estimate of drug-likeness (QED) is 0.507. The highest BCUT2D eigenvalue weighted by Crippen LogP contribution is 2.28. The summed E-state index contributed by atoms with van der Waals surface area (Å²) < 4.78 is 11.4. The zero-order chi connectivity index (χ0) is 13.8. The first-order valence-electron chi connectivity index (χ1n) is 5.27. The van der Waals surface area contributed by atoms with Crippen molar-refractivity contribution in [2.75, 3.05) is 0 Å². The van der Waals surface area contributed by atoms with Crippen molar-refractivity contribution in [1.82, 2.24) is 5.43 Å². The van der Waals surface area contributed by atoms with E-state index in [9.17, 15) is 4.79 Å². The lowest BCUT2D eigenvalue weighted by atomic mass is 10.2. The SMILES string of the molecule is NNC(=O)c1occc1COc1ccc(Cl)cc1Br. The van der Waals surface area contributed by atoms with E-state index < -0.39 is 5.91 Å². The number of ether oxygens (including phenoxy) is 1. The molecule has 0 fully saturated rings. The van der Waals surface area contributed by atoms with Gasteiger partial charge in [0.25, 0.3) is 0 Å². The fraction of sp³-hybridized carbons (Fsp3) is 0.0833. The molecular weight excluding hydrogens is 335 g/mol. The van der Waals surface area contributed by atoms with Crippen LogP contribution in [0.25, 0.3) is 0 Å². The van der Waals surface area contributed by atoms with Crippen LogP contribution in [0.4, 0.5) is 0 Å². The molecule has 0 unspecified atom stereocenters. The van der Waals surface area contributed by atoms with Crippen molar-refractivity contribution in [1.29, 1.82) is 0 Å². The van der Waals surface area contributed by atoms with Crippen LogP contribution in [0.3, 0.4) is 0 Å². The van der Waals surface area contributed by atoms with Crippen LogP contribution in [0.5, 0.6) is 5.75 Å². The van der Waals surface area contributed by atoms with E-state index in [0.717, 1.165) is 4.47 Å². The van der Waals surface area contributed by atoms with Crippen molar-refractivity contribution in [3.63, 3.8) is 0 Å². The molecule has 0 aliphatic heterocycles. The number of nitrogen functional groups attached to an aromatic ring is 1. The van der Waals surface area contributed by atoms with Gasteiger partial charge in [-0.05, 0) is 40.2 Å². The maximum absolute atomic E-state index is 11.4. The summed E-state index contributed by atoms with van der Waals surface area (Å²) in [7, 11) is 0. The molecule has 0 aliphatic carbocycles. The predicted molar refractivity (Wildman–Crippen MR) is 73.8 cm³/mol. The minimum absolute atomic E-state index is 0.132. The molecular formula is C12H10BrClN2O3. The second kappa shape index (κ2) is 6.10. The minimum atomic E-state index is -0.501. The maximum atomic E-state index is 11.4. The fourth-order valence-corrected chi connectivity index (χ4v) is 2.26. The van der Waals surface area contributed by atoms with Crippen LogP contribution in [0.2, 0.25) is 5.02 Å². The largest absolute Gasteiger partial charge is 0.488 e. The lowest BCUT2D eigenvalue weighted by molar-refractivity contribution is 0.0922. The normalized spacial score (nSPS) is 10.3. The van der Waals surface area contributed by atoms with E-state index in [0.29, 0.717) is 16.3 Å². The molecule has 0 saturated carbocycles. The van der Waals surface area contributed by atoms with Crippen LogP contribution in [0.1, 0.15) is 16.1 Å². The Morgan fingerprint density at radius 1 is 1.47 bits per heavy atom. The Bertz CT molecular complexity index is 600. The van der Waals surface area contributed by atoms with E-state index >= 15 is 0 Å². The van der Waals surface area contributed by atoms with Gasteiger partial charge in [-0.25, -0.2) is 5.84 Å². The number of furan rings is 1. The van der Waals surface area contributed by atoms with Gasteiger partial charge in [0.05, 0.1) is 10.7 Å².